The van der Waals surface area contributed by atoms with Crippen LogP contribution in [0.2, 0.25) is 5.02 Å². The lowest BCUT2D eigenvalue weighted by Crippen LogP contribution is -2.53. The van der Waals surface area contributed by atoms with E-state index in [2.05, 4.69) is 11.0 Å². The highest BCUT2D eigenvalue weighted by molar-refractivity contribution is 6.31. The number of hydrogen-bond donors (Lipinski definition) is 1. The number of nitrogens with zero attached hydrogens (tertiary/aromatic N) is 1. The van der Waals surface area contributed by atoms with Crippen LogP contribution in [0.15, 0.2) is 24.3 Å². The Morgan fingerprint density at radius 1 is 1.37 bits per heavy atom. The fraction of sp³-hybridized carbons (Fsp3) is 0.600. The van der Waals surface area contributed by atoms with Crippen molar-refractivity contribution >= 4 is 11.6 Å². The molecule has 1 aromatic carbocycles. The molecule has 104 valence electrons. The molecule has 2 aliphatic heterocycles. The number of aliphatic hydroxyl groups is 1. The van der Waals surface area contributed by atoms with Gasteiger partial charge in [-0.2, -0.15) is 0 Å². The summed E-state index contributed by atoms with van der Waals surface area (Å²) in [6.45, 7) is 3.54. The van der Waals surface area contributed by atoms with Gasteiger partial charge in [0.05, 0.1) is 25.2 Å². The summed E-state index contributed by atoms with van der Waals surface area (Å²) in [6, 6.07) is 8.49. The van der Waals surface area contributed by atoms with E-state index in [-0.39, 0.29) is 12.0 Å². The van der Waals surface area contributed by atoms with Crippen molar-refractivity contribution in [2.75, 3.05) is 32.9 Å². The van der Waals surface area contributed by atoms with E-state index in [4.69, 9.17) is 16.3 Å². The summed E-state index contributed by atoms with van der Waals surface area (Å²) < 4.78 is 5.29. The lowest BCUT2D eigenvalue weighted by atomic mass is 9.86. The van der Waals surface area contributed by atoms with E-state index in [0.29, 0.717) is 19.3 Å². The number of aliphatic hydroxyl groups excluding tert-OH is 1. The molecule has 1 unspecified atom stereocenters. The Morgan fingerprint density at radius 3 is 2.79 bits per heavy atom. The molecular weight excluding hydrogens is 262 g/mol. The molecule has 19 heavy (non-hydrogen) atoms. The van der Waals surface area contributed by atoms with Crippen LogP contribution < -0.4 is 0 Å². The van der Waals surface area contributed by atoms with Gasteiger partial charge in [0, 0.05) is 17.6 Å². The van der Waals surface area contributed by atoms with Gasteiger partial charge in [-0.3, -0.25) is 4.90 Å². The maximum atomic E-state index is 9.58. The Hall–Kier alpha value is -0.610. The summed E-state index contributed by atoms with van der Waals surface area (Å²) in [7, 11) is 0. The molecule has 1 aromatic rings. The van der Waals surface area contributed by atoms with Crippen LogP contribution in [0.1, 0.15) is 24.4 Å². The predicted molar refractivity (Wildman–Crippen MR) is 75.3 cm³/mol. The van der Waals surface area contributed by atoms with Crippen LogP contribution in [-0.4, -0.2) is 42.9 Å². The second-order valence-corrected chi connectivity index (χ2v) is 6.21. The predicted octanol–water partition coefficient (Wildman–Crippen LogP) is 2.49. The van der Waals surface area contributed by atoms with Crippen molar-refractivity contribution in [2.24, 2.45) is 5.41 Å². The largest absolute Gasteiger partial charge is 0.396 e. The first-order valence-corrected chi connectivity index (χ1v) is 7.29. The molecule has 2 heterocycles. The molecule has 2 aliphatic rings. The first-order valence-electron chi connectivity index (χ1n) is 6.91. The van der Waals surface area contributed by atoms with Crippen molar-refractivity contribution in [2.45, 2.75) is 18.9 Å². The Morgan fingerprint density at radius 2 is 2.16 bits per heavy atom. The average Bonchev–Trinajstić information content (AvgIpc) is 2.82. The highest BCUT2D eigenvalue weighted by Crippen LogP contribution is 2.39. The van der Waals surface area contributed by atoms with Gasteiger partial charge in [-0.15, -0.1) is 0 Å². The minimum Gasteiger partial charge on any atom is -0.396 e. The number of halogens is 1. The van der Waals surface area contributed by atoms with Gasteiger partial charge in [0.2, 0.25) is 0 Å². The van der Waals surface area contributed by atoms with Crippen molar-refractivity contribution in [3.63, 3.8) is 0 Å². The van der Waals surface area contributed by atoms with Crippen LogP contribution >= 0.6 is 11.6 Å². The van der Waals surface area contributed by atoms with Crippen molar-refractivity contribution < 1.29 is 9.84 Å². The van der Waals surface area contributed by atoms with Crippen molar-refractivity contribution in [1.29, 1.82) is 0 Å². The minimum absolute atomic E-state index is 0.0517. The maximum absolute atomic E-state index is 9.58. The Kier molecular flexibility index (Phi) is 3.81. The Labute approximate surface area is 119 Å². The van der Waals surface area contributed by atoms with Crippen LogP contribution in [0.25, 0.3) is 0 Å². The lowest BCUT2D eigenvalue weighted by molar-refractivity contribution is -0.149. The molecule has 0 aromatic heterocycles. The summed E-state index contributed by atoms with van der Waals surface area (Å²) in [5, 5.41) is 10.4. The van der Waals surface area contributed by atoms with Gasteiger partial charge < -0.3 is 9.84 Å². The van der Waals surface area contributed by atoms with Crippen LogP contribution in [0.3, 0.4) is 0 Å². The van der Waals surface area contributed by atoms with E-state index >= 15 is 0 Å². The minimum atomic E-state index is -0.0517. The molecule has 1 N–H and O–H groups in total. The van der Waals surface area contributed by atoms with E-state index in [1.165, 1.54) is 12.0 Å². The zero-order valence-corrected chi connectivity index (χ0v) is 11.8. The molecule has 0 amide bonds. The third-order valence-corrected chi connectivity index (χ3v) is 4.66. The normalized spacial score (nSPS) is 26.3. The molecule has 3 rings (SSSR count). The third kappa shape index (κ3) is 2.52. The maximum Gasteiger partial charge on any atom is 0.0579 e. The van der Waals surface area contributed by atoms with E-state index in [1.807, 2.05) is 18.2 Å². The zero-order valence-electron chi connectivity index (χ0n) is 11.0. The monoisotopic (exact) mass is 281 g/mol. The molecule has 0 saturated carbocycles. The van der Waals surface area contributed by atoms with Crippen molar-refractivity contribution in [3.05, 3.63) is 34.9 Å². The second-order valence-electron chi connectivity index (χ2n) is 5.80. The Bertz CT molecular complexity index is 442. The third-order valence-electron chi connectivity index (χ3n) is 4.32. The standard InChI is InChI=1S/C15H20ClNO2/c16-13-5-2-1-4-12(13)14-6-3-7-17(14)8-15(9-18)10-19-11-15/h1-2,4-5,14,18H,3,6-11H2. The highest BCUT2D eigenvalue weighted by atomic mass is 35.5. The topological polar surface area (TPSA) is 32.7 Å². The summed E-state index contributed by atoms with van der Waals surface area (Å²) in [5.41, 5.74) is 1.17. The molecular formula is C15H20ClNO2. The van der Waals surface area contributed by atoms with E-state index in [1.54, 1.807) is 0 Å². The summed E-state index contributed by atoms with van der Waals surface area (Å²) >= 11 is 6.32. The van der Waals surface area contributed by atoms with Gasteiger partial charge in [0.25, 0.3) is 0 Å². The summed E-state index contributed by atoms with van der Waals surface area (Å²) in [5.74, 6) is 0. The van der Waals surface area contributed by atoms with Crippen LogP contribution in [-0.2, 0) is 4.74 Å². The van der Waals surface area contributed by atoms with Gasteiger partial charge in [-0.05, 0) is 31.0 Å². The molecule has 2 saturated heterocycles. The van der Waals surface area contributed by atoms with E-state index in [9.17, 15) is 5.11 Å². The quantitative estimate of drug-likeness (QED) is 0.920. The van der Waals surface area contributed by atoms with Crippen LogP contribution in [0, 0.1) is 5.41 Å². The number of likely N-dealkylation sites (tertiary alicyclic amines) is 1. The fourth-order valence-electron chi connectivity index (χ4n) is 3.17. The number of benzene rings is 1. The highest BCUT2D eigenvalue weighted by Gasteiger charge is 2.42. The molecule has 4 heteroatoms. The first-order chi connectivity index (χ1) is 9.24. The SMILES string of the molecule is OCC1(CN2CCCC2c2ccccc2Cl)COC1. The van der Waals surface area contributed by atoms with E-state index in [0.717, 1.165) is 24.5 Å². The van der Waals surface area contributed by atoms with Crippen LogP contribution in [0.4, 0.5) is 0 Å². The van der Waals surface area contributed by atoms with Gasteiger partial charge in [-0.1, -0.05) is 29.8 Å². The van der Waals surface area contributed by atoms with Gasteiger partial charge in [-0.25, -0.2) is 0 Å². The van der Waals surface area contributed by atoms with Crippen molar-refractivity contribution in [3.8, 4) is 0 Å². The molecule has 0 aliphatic carbocycles. The number of ether oxygens (including phenoxy) is 1. The van der Waals surface area contributed by atoms with Gasteiger partial charge in [0.1, 0.15) is 0 Å². The fourth-order valence-corrected chi connectivity index (χ4v) is 3.43. The average molecular weight is 282 g/mol. The number of hydrogen-bond acceptors (Lipinski definition) is 3. The van der Waals surface area contributed by atoms with Gasteiger partial charge >= 0.3 is 0 Å². The van der Waals surface area contributed by atoms with E-state index < -0.39 is 0 Å². The molecule has 2 fully saturated rings. The second kappa shape index (κ2) is 5.41. The van der Waals surface area contributed by atoms with Crippen LogP contribution in [0.5, 0.6) is 0 Å². The first kappa shape index (κ1) is 13.4. The lowest BCUT2D eigenvalue weighted by Gasteiger charge is -2.43. The summed E-state index contributed by atoms with van der Waals surface area (Å²) in [6.07, 6.45) is 2.34. The smallest absolute Gasteiger partial charge is 0.0579 e. The molecule has 0 bridgehead atoms. The molecule has 3 nitrogen and oxygen atoms in total. The Balaban J connectivity index is 1.76. The molecule has 0 radical (unpaired) electrons. The number of rotatable bonds is 4. The zero-order chi connectivity index (χ0) is 13.3. The molecule has 0 spiro atoms. The summed E-state index contributed by atoms with van der Waals surface area (Å²) in [4.78, 5) is 2.46. The molecule has 1 atom stereocenters. The van der Waals surface area contributed by atoms with Gasteiger partial charge in [0.15, 0.2) is 0 Å². The van der Waals surface area contributed by atoms with Crippen molar-refractivity contribution in [1.82, 2.24) is 4.90 Å².